The Labute approximate surface area is 185 Å². The van der Waals surface area contributed by atoms with Crippen LogP contribution in [0, 0.1) is 0 Å². The maximum atomic E-state index is 12.6. The number of methoxy groups -OCH3 is 1. The summed E-state index contributed by atoms with van der Waals surface area (Å²) in [6, 6.07) is 13.4. The summed E-state index contributed by atoms with van der Waals surface area (Å²) in [6.45, 7) is 1.10. The van der Waals surface area contributed by atoms with Crippen LogP contribution in [0.4, 0.5) is 0 Å². The van der Waals surface area contributed by atoms with Gasteiger partial charge in [-0.15, -0.1) is 11.3 Å². The van der Waals surface area contributed by atoms with Crippen molar-refractivity contribution >= 4 is 27.3 Å². The molecule has 0 N–H and O–H groups in total. The fourth-order valence-electron chi connectivity index (χ4n) is 3.38. The normalized spacial score (nSPS) is 14.5. The Morgan fingerprint density at radius 1 is 1.10 bits per heavy atom. The molecule has 0 spiro atoms. The molecule has 0 saturated carbocycles. The number of hydrogen-bond donors (Lipinski definition) is 0. The van der Waals surface area contributed by atoms with E-state index in [1.54, 1.807) is 7.11 Å². The van der Waals surface area contributed by atoms with Gasteiger partial charge in [-0.05, 0) is 49.2 Å². The Hall–Kier alpha value is -2.75. The van der Waals surface area contributed by atoms with Gasteiger partial charge in [-0.1, -0.05) is 12.1 Å². The van der Waals surface area contributed by atoms with Crippen LogP contribution in [-0.4, -0.2) is 43.9 Å². The zero-order chi connectivity index (χ0) is 21.8. The van der Waals surface area contributed by atoms with Gasteiger partial charge < -0.3 is 9.47 Å². The molecule has 2 heterocycles. The number of thiazole rings is 1. The van der Waals surface area contributed by atoms with E-state index in [9.17, 15) is 13.2 Å². The van der Waals surface area contributed by atoms with Crippen molar-refractivity contribution < 1.29 is 22.7 Å². The Morgan fingerprint density at radius 3 is 2.52 bits per heavy atom. The quantitative estimate of drug-likeness (QED) is 0.498. The van der Waals surface area contributed by atoms with Crippen molar-refractivity contribution in [1.82, 2.24) is 9.29 Å². The summed E-state index contributed by atoms with van der Waals surface area (Å²) < 4.78 is 37.4. The van der Waals surface area contributed by atoms with Crippen LogP contribution in [0.25, 0.3) is 10.6 Å². The van der Waals surface area contributed by atoms with Crippen molar-refractivity contribution in [3.8, 4) is 16.3 Å². The predicted molar refractivity (Wildman–Crippen MR) is 118 cm³/mol. The molecule has 1 saturated heterocycles. The predicted octanol–water partition coefficient (Wildman–Crippen LogP) is 3.96. The van der Waals surface area contributed by atoms with E-state index in [2.05, 4.69) is 4.98 Å². The lowest BCUT2D eigenvalue weighted by molar-refractivity contribution is 0.0468. The molecule has 0 amide bonds. The van der Waals surface area contributed by atoms with Gasteiger partial charge in [0.1, 0.15) is 17.4 Å². The van der Waals surface area contributed by atoms with E-state index in [-0.39, 0.29) is 11.5 Å². The molecule has 1 aliphatic rings. The number of hydrogen-bond acceptors (Lipinski definition) is 7. The van der Waals surface area contributed by atoms with Crippen LogP contribution in [0.2, 0.25) is 0 Å². The molecule has 3 aromatic rings. The molecule has 0 atom stereocenters. The molecule has 9 heteroatoms. The maximum absolute atomic E-state index is 12.6. The van der Waals surface area contributed by atoms with Crippen molar-refractivity contribution in [3.63, 3.8) is 0 Å². The lowest BCUT2D eigenvalue weighted by Crippen LogP contribution is -2.27. The van der Waals surface area contributed by atoms with E-state index in [0.29, 0.717) is 24.3 Å². The third-order valence-electron chi connectivity index (χ3n) is 5.03. The minimum absolute atomic E-state index is 0.0261. The van der Waals surface area contributed by atoms with E-state index in [1.165, 1.54) is 39.9 Å². The molecule has 7 nitrogen and oxygen atoms in total. The largest absolute Gasteiger partial charge is 0.496 e. The standard InChI is InChI=1S/C22H22N2O5S2/c1-28-20-7-3-2-6-19(20)21-23-17(15-30-21)14-29-22(25)16-8-10-18(11-9-16)31(26,27)24-12-4-5-13-24/h2-3,6-11,15H,4-5,12-14H2,1H3. The zero-order valence-electron chi connectivity index (χ0n) is 17.0. The average molecular weight is 459 g/mol. The fourth-order valence-corrected chi connectivity index (χ4v) is 5.73. The summed E-state index contributed by atoms with van der Waals surface area (Å²) in [5.74, 6) is 0.196. The van der Waals surface area contributed by atoms with Crippen LogP contribution in [0.3, 0.4) is 0 Å². The molecule has 0 radical (unpaired) electrons. The topological polar surface area (TPSA) is 85.8 Å². The maximum Gasteiger partial charge on any atom is 0.338 e. The second-order valence-corrected chi connectivity index (χ2v) is 9.85. The SMILES string of the molecule is COc1ccccc1-c1nc(COC(=O)c2ccc(S(=O)(=O)N3CCCC3)cc2)cs1. The van der Waals surface area contributed by atoms with Gasteiger partial charge in [-0.25, -0.2) is 18.2 Å². The van der Waals surface area contributed by atoms with Gasteiger partial charge in [0.2, 0.25) is 10.0 Å². The number of esters is 1. The summed E-state index contributed by atoms with van der Waals surface area (Å²) in [4.78, 5) is 17.1. The molecular weight excluding hydrogens is 436 g/mol. The van der Waals surface area contributed by atoms with E-state index in [4.69, 9.17) is 9.47 Å². The van der Waals surface area contributed by atoms with Gasteiger partial charge in [0, 0.05) is 18.5 Å². The first-order chi connectivity index (χ1) is 15.0. The van der Waals surface area contributed by atoms with Crippen LogP contribution >= 0.6 is 11.3 Å². The number of ether oxygens (including phenoxy) is 2. The molecule has 2 aromatic carbocycles. The molecular formula is C22H22N2O5S2. The summed E-state index contributed by atoms with van der Waals surface area (Å²) >= 11 is 1.44. The van der Waals surface area contributed by atoms with Crippen LogP contribution < -0.4 is 4.74 Å². The van der Waals surface area contributed by atoms with Crippen molar-refractivity contribution in [1.29, 1.82) is 0 Å². The Bertz CT molecular complexity index is 1170. The van der Waals surface area contributed by atoms with Crippen LogP contribution in [-0.2, 0) is 21.4 Å². The number of carbonyl (C=O) groups is 1. The first kappa shape index (κ1) is 21.5. The number of aromatic nitrogens is 1. The lowest BCUT2D eigenvalue weighted by Gasteiger charge is -2.15. The number of sulfonamides is 1. The highest BCUT2D eigenvalue weighted by molar-refractivity contribution is 7.89. The molecule has 0 bridgehead atoms. The average Bonchev–Trinajstić information content (AvgIpc) is 3.50. The molecule has 4 rings (SSSR count). The fraction of sp³-hybridized carbons (Fsp3) is 0.273. The third-order valence-corrected chi connectivity index (χ3v) is 7.87. The highest BCUT2D eigenvalue weighted by atomic mass is 32.2. The number of nitrogens with zero attached hydrogens (tertiary/aromatic N) is 2. The zero-order valence-corrected chi connectivity index (χ0v) is 18.6. The number of rotatable bonds is 7. The van der Waals surface area contributed by atoms with Gasteiger partial charge in [-0.2, -0.15) is 4.31 Å². The molecule has 1 fully saturated rings. The highest BCUT2D eigenvalue weighted by Crippen LogP contribution is 2.32. The molecule has 1 aliphatic heterocycles. The lowest BCUT2D eigenvalue weighted by atomic mass is 10.2. The minimum atomic E-state index is -3.50. The summed E-state index contributed by atoms with van der Waals surface area (Å²) in [5.41, 5.74) is 1.80. The molecule has 1 aromatic heterocycles. The summed E-state index contributed by atoms with van der Waals surface area (Å²) in [6.07, 6.45) is 1.75. The molecule has 31 heavy (non-hydrogen) atoms. The van der Waals surface area contributed by atoms with Crippen molar-refractivity contribution in [2.24, 2.45) is 0 Å². The minimum Gasteiger partial charge on any atom is -0.496 e. The highest BCUT2D eigenvalue weighted by Gasteiger charge is 2.27. The Balaban J connectivity index is 1.40. The number of para-hydroxylation sites is 1. The molecule has 0 unspecified atom stereocenters. The second kappa shape index (κ2) is 9.17. The Kier molecular flexibility index (Phi) is 6.35. The number of carbonyl (C=O) groups excluding carboxylic acids is 1. The van der Waals surface area contributed by atoms with Gasteiger partial charge in [0.15, 0.2) is 0 Å². The van der Waals surface area contributed by atoms with Gasteiger partial charge in [0.25, 0.3) is 0 Å². The van der Waals surface area contributed by atoms with E-state index in [1.807, 2.05) is 29.6 Å². The van der Waals surface area contributed by atoms with Crippen molar-refractivity contribution in [2.75, 3.05) is 20.2 Å². The van der Waals surface area contributed by atoms with E-state index in [0.717, 1.165) is 29.2 Å². The van der Waals surface area contributed by atoms with E-state index < -0.39 is 16.0 Å². The third kappa shape index (κ3) is 4.63. The van der Waals surface area contributed by atoms with Crippen LogP contribution in [0.5, 0.6) is 5.75 Å². The number of benzene rings is 2. The van der Waals surface area contributed by atoms with Crippen LogP contribution in [0.15, 0.2) is 58.8 Å². The molecule has 0 aliphatic carbocycles. The molecule has 162 valence electrons. The van der Waals surface area contributed by atoms with Crippen molar-refractivity contribution in [2.45, 2.75) is 24.3 Å². The van der Waals surface area contributed by atoms with Crippen molar-refractivity contribution in [3.05, 3.63) is 65.2 Å². The summed E-state index contributed by atoms with van der Waals surface area (Å²) in [7, 11) is -1.90. The Morgan fingerprint density at radius 2 is 1.81 bits per heavy atom. The first-order valence-corrected chi connectivity index (χ1v) is 12.2. The second-order valence-electron chi connectivity index (χ2n) is 7.06. The monoisotopic (exact) mass is 458 g/mol. The van der Waals surface area contributed by atoms with Gasteiger partial charge >= 0.3 is 5.97 Å². The van der Waals surface area contributed by atoms with E-state index >= 15 is 0 Å². The summed E-state index contributed by atoms with van der Waals surface area (Å²) in [5, 5.41) is 2.61. The smallest absolute Gasteiger partial charge is 0.338 e. The first-order valence-electron chi connectivity index (χ1n) is 9.84. The van der Waals surface area contributed by atoms with Crippen LogP contribution in [0.1, 0.15) is 28.9 Å². The van der Waals surface area contributed by atoms with Gasteiger partial charge in [-0.3, -0.25) is 0 Å². The van der Waals surface area contributed by atoms with Gasteiger partial charge in [0.05, 0.1) is 28.8 Å².